The molecule has 0 radical (unpaired) electrons. The molecule has 0 atom stereocenters. The summed E-state index contributed by atoms with van der Waals surface area (Å²) in [5, 5.41) is 15.3. The highest BCUT2D eigenvalue weighted by atomic mass is 35.5. The highest BCUT2D eigenvalue weighted by Crippen LogP contribution is 2.20. The summed E-state index contributed by atoms with van der Waals surface area (Å²) >= 11 is 6.01. The number of carbonyl (C=O) groups excluding carboxylic acids is 1. The zero-order valence-electron chi connectivity index (χ0n) is 11.3. The number of amides is 1. The third-order valence-electron chi connectivity index (χ3n) is 2.82. The molecule has 0 aliphatic rings. The van der Waals surface area contributed by atoms with Gasteiger partial charge >= 0.3 is 0 Å². The first-order valence-electron chi connectivity index (χ1n) is 6.47. The summed E-state index contributed by atoms with van der Waals surface area (Å²) in [6.45, 7) is 0.480. The quantitative estimate of drug-likeness (QED) is 0.885. The number of halogens is 1. The Morgan fingerprint density at radius 1 is 1.19 bits per heavy atom. The number of rotatable bonds is 5. The maximum Gasteiger partial charge on any atom is 0.226 e. The molecule has 0 spiro atoms. The fourth-order valence-electron chi connectivity index (χ4n) is 1.81. The Morgan fingerprint density at radius 2 is 2.00 bits per heavy atom. The van der Waals surface area contributed by atoms with Crippen LogP contribution in [0.4, 0.5) is 11.4 Å². The minimum absolute atomic E-state index is 0.121. The van der Waals surface area contributed by atoms with E-state index in [1.807, 2.05) is 24.3 Å². The molecule has 4 nitrogen and oxygen atoms in total. The van der Waals surface area contributed by atoms with Crippen molar-refractivity contribution in [2.75, 3.05) is 17.2 Å². The van der Waals surface area contributed by atoms with Gasteiger partial charge in [-0.15, -0.1) is 0 Å². The summed E-state index contributed by atoms with van der Waals surface area (Å²) in [5.74, 6) is -0.121. The highest BCUT2D eigenvalue weighted by Gasteiger charge is 2.04. The van der Waals surface area contributed by atoms with Crippen LogP contribution in [0.2, 0.25) is 5.02 Å². The monoisotopic (exact) mass is 299 g/mol. The van der Waals surface area contributed by atoms with Gasteiger partial charge in [0.25, 0.3) is 0 Å². The van der Waals surface area contributed by atoms with Gasteiger partial charge in [0.2, 0.25) is 5.91 Å². The lowest BCUT2D eigenvalue weighted by atomic mass is 10.2. The van der Waals surface area contributed by atoms with E-state index in [4.69, 9.17) is 16.9 Å². The summed E-state index contributed by atoms with van der Waals surface area (Å²) < 4.78 is 0. The van der Waals surface area contributed by atoms with Crippen molar-refractivity contribution in [2.24, 2.45) is 0 Å². The van der Waals surface area contributed by atoms with Gasteiger partial charge in [0.05, 0.1) is 22.3 Å². The lowest BCUT2D eigenvalue weighted by Crippen LogP contribution is -2.16. The maximum absolute atomic E-state index is 11.8. The van der Waals surface area contributed by atoms with Crippen molar-refractivity contribution in [2.45, 2.75) is 6.42 Å². The van der Waals surface area contributed by atoms with Gasteiger partial charge in [-0.2, -0.15) is 5.26 Å². The number of nitrogens with zero attached hydrogens (tertiary/aromatic N) is 1. The van der Waals surface area contributed by atoms with Crippen LogP contribution < -0.4 is 10.6 Å². The molecule has 0 heterocycles. The zero-order chi connectivity index (χ0) is 15.1. The molecule has 0 aromatic heterocycles. The summed E-state index contributed by atoms with van der Waals surface area (Å²) in [6.07, 6.45) is 0.308. The second kappa shape index (κ2) is 7.32. The van der Waals surface area contributed by atoms with Crippen molar-refractivity contribution < 1.29 is 4.79 Å². The molecular formula is C16H14ClN3O. The van der Waals surface area contributed by atoms with Crippen molar-refractivity contribution in [3.8, 4) is 6.07 Å². The molecule has 0 fully saturated rings. The number of hydrogen-bond donors (Lipinski definition) is 2. The molecule has 21 heavy (non-hydrogen) atoms. The van der Waals surface area contributed by atoms with Crippen LogP contribution in [0.15, 0.2) is 48.5 Å². The number of carbonyl (C=O) groups is 1. The van der Waals surface area contributed by atoms with E-state index in [2.05, 4.69) is 10.6 Å². The topological polar surface area (TPSA) is 64.9 Å². The van der Waals surface area contributed by atoms with Gasteiger partial charge in [-0.05, 0) is 30.3 Å². The average molecular weight is 300 g/mol. The minimum atomic E-state index is -0.121. The Hall–Kier alpha value is -2.51. The van der Waals surface area contributed by atoms with Gasteiger partial charge in [0.15, 0.2) is 0 Å². The second-order valence-corrected chi connectivity index (χ2v) is 4.80. The SMILES string of the molecule is N#Cc1cccc(NC(=O)CCNc2ccccc2Cl)c1. The van der Waals surface area contributed by atoms with Crippen molar-refractivity contribution in [3.63, 3.8) is 0 Å². The molecule has 0 aliphatic carbocycles. The zero-order valence-corrected chi connectivity index (χ0v) is 12.0. The summed E-state index contributed by atoms with van der Waals surface area (Å²) in [7, 11) is 0. The number of nitriles is 1. The molecule has 0 unspecified atom stereocenters. The second-order valence-electron chi connectivity index (χ2n) is 4.40. The van der Waals surface area contributed by atoms with Crippen molar-refractivity contribution in [1.82, 2.24) is 0 Å². The number of benzene rings is 2. The van der Waals surface area contributed by atoms with Crippen molar-refractivity contribution in [1.29, 1.82) is 5.26 Å². The molecule has 0 bridgehead atoms. The Balaban J connectivity index is 1.83. The van der Waals surface area contributed by atoms with E-state index in [9.17, 15) is 4.79 Å². The van der Waals surface area contributed by atoms with E-state index >= 15 is 0 Å². The molecule has 5 heteroatoms. The molecule has 2 aromatic rings. The molecule has 106 valence electrons. The predicted molar refractivity (Wildman–Crippen MR) is 84.3 cm³/mol. The largest absolute Gasteiger partial charge is 0.383 e. The van der Waals surface area contributed by atoms with Crippen molar-refractivity contribution in [3.05, 3.63) is 59.1 Å². The van der Waals surface area contributed by atoms with Crippen LogP contribution in [0.3, 0.4) is 0 Å². The average Bonchev–Trinajstić information content (AvgIpc) is 2.49. The number of para-hydroxylation sites is 1. The van der Waals surface area contributed by atoms with E-state index in [0.717, 1.165) is 5.69 Å². The Labute approximate surface area is 128 Å². The van der Waals surface area contributed by atoms with Crippen LogP contribution in [-0.2, 0) is 4.79 Å². The van der Waals surface area contributed by atoms with E-state index < -0.39 is 0 Å². The Kier molecular flexibility index (Phi) is 5.19. The lowest BCUT2D eigenvalue weighted by molar-refractivity contribution is -0.115. The van der Waals surface area contributed by atoms with Gasteiger partial charge in [-0.1, -0.05) is 29.8 Å². The number of hydrogen-bond acceptors (Lipinski definition) is 3. The molecular weight excluding hydrogens is 286 g/mol. The van der Waals surface area contributed by atoms with Gasteiger partial charge in [0, 0.05) is 18.7 Å². The van der Waals surface area contributed by atoms with Crippen LogP contribution in [-0.4, -0.2) is 12.5 Å². The molecule has 0 aliphatic heterocycles. The molecule has 0 saturated carbocycles. The summed E-state index contributed by atoms with van der Waals surface area (Å²) in [6, 6.07) is 16.2. The fourth-order valence-corrected chi connectivity index (χ4v) is 2.01. The van der Waals surface area contributed by atoms with Crippen LogP contribution >= 0.6 is 11.6 Å². The minimum Gasteiger partial charge on any atom is -0.383 e. The third kappa shape index (κ3) is 4.51. The molecule has 2 N–H and O–H groups in total. The van der Waals surface area contributed by atoms with Crippen LogP contribution in [0.1, 0.15) is 12.0 Å². The van der Waals surface area contributed by atoms with Crippen LogP contribution in [0, 0.1) is 11.3 Å². The predicted octanol–water partition coefficient (Wildman–Crippen LogP) is 3.65. The smallest absolute Gasteiger partial charge is 0.226 e. The van der Waals surface area contributed by atoms with Crippen LogP contribution in [0.5, 0.6) is 0 Å². The number of anilines is 2. The van der Waals surface area contributed by atoms with Crippen LogP contribution in [0.25, 0.3) is 0 Å². The first-order chi connectivity index (χ1) is 10.2. The van der Waals surface area contributed by atoms with Gasteiger partial charge < -0.3 is 10.6 Å². The third-order valence-corrected chi connectivity index (χ3v) is 3.15. The normalized spacial score (nSPS) is 9.71. The first kappa shape index (κ1) is 14.9. The Morgan fingerprint density at radius 3 is 2.76 bits per heavy atom. The van der Waals surface area contributed by atoms with E-state index in [-0.39, 0.29) is 5.91 Å². The van der Waals surface area contributed by atoms with Crippen molar-refractivity contribution >= 4 is 28.9 Å². The molecule has 2 rings (SSSR count). The molecule has 2 aromatic carbocycles. The van der Waals surface area contributed by atoms with E-state index in [1.165, 1.54) is 0 Å². The lowest BCUT2D eigenvalue weighted by Gasteiger charge is -2.08. The maximum atomic E-state index is 11.8. The number of nitrogens with one attached hydrogen (secondary N) is 2. The summed E-state index contributed by atoms with van der Waals surface area (Å²) in [4.78, 5) is 11.8. The first-order valence-corrected chi connectivity index (χ1v) is 6.85. The highest BCUT2D eigenvalue weighted by molar-refractivity contribution is 6.33. The van der Waals surface area contributed by atoms with E-state index in [0.29, 0.717) is 29.2 Å². The van der Waals surface area contributed by atoms with Gasteiger partial charge in [-0.25, -0.2) is 0 Å². The molecule has 0 saturated heterocycles. The Bertz CT molecular complexity index is 679. The standard InChI is InChI=1S/C16H14ClN3O/c17-14-6-1-2-7-15(14)19-9-8-16(21)20-13-5-3-4-12(10-13)11-18/h1-7,10,19H,8-9H2,(H,20,21). The van der Waals surface area contributed by atoms with Gasteiger partial charge in [0.1, 0.15) is 0 Å². The summed E-state index contributed by atoms with van der Waals surface area (Å²) in [5.41, 5.74) is 1.94. The van der Waals surface area contributed by atoms with Gasteiger partial charge in [-0.3, -0.25) is 4.79 Å². The molecule has 1 amide bonds. The fraction of sp³-hybridized carbons (Fsp3) is 0.125. The van der Waals surface area contributed by atoms with E-state index in [1.54, 1.807) is 30.3 Å².